The van der Waals surface area contributed by atoms with Crippen LogP contribution < -0.4 is 16.6 Å². The second-order valence-electron chi connectivity index (χ2n) is 7.97. The number of fused-ring (bicyclic) bond motifs is 5. The lowest BCUT2D eigenvalue weighted by molar-refractivity contribution is 0.709. The fraction of sp³-hybridized carbons (Fsp3) is 0.120. The van der Waals surface area contributed by atoms with E-state index in [9.17, 15) is 9.59 Å². The van der Waals surface area contributed by atoms with Gasteiger partial charge in [-0.05, 0) is 29.1 Å². The molecule has 158 valence electrons. The molecule has 0 aliphatic carbocycles. The second kappa shape index (κ2) is 6.83. The number of nitrogens with one attached hydrogen (secondary N) is 1. The molecule has 32 heavy (non-hydrogen) atoms. The predicted octanol–water partition coefficient (Wildman–Crippen LogP) is 4.27. The summed E-state index contributed by atoms with van der Waals surface area (Å²) in [5, 5.41) is 6.26. The summed E-state index contributed by atoms with van der Waals surface area (Å²) < 4.78 is 4.96. The van der Waals surface area contributed by atoms with Crippen molar-refractivity contribution in [3.05, 3.63) is 104 Å². The second-order valence-corrected chi connectivity index (χ2v) is 8.95. The third-order valence-electron chi connectivity index (χ3n) is 6.20. The summed E-state index contributed by atoms with van der Waals surface area (Å²) in [6, 6.07) is 21.9. The number of aryl methyl sites for hydroxylation is 1. The Hall–Kier alpha value is -3.84. The smallest absolute Gasteiger partial charge is 0.331 e. The Balaban J connectivity index is 1.90. The number of nitrogens with zero attached hydrogens (tertiary/aromatic N) is 3. The van der Waals surface area contributed by atoms with Gasteiger partial charge < -0.3 is 9.88 Å². The van der Waals surface area contributed by atoms with Gasteiger partial charge in [0, 0.05) is 19.0 Å². The van der Waals surface area contributed by atoms with E-state index < -0.39 is 0 Å². The Morgan fingerprint density at radius 1 is 0.875 bits per heavy atom. The fourth-order valence-electron chi connectivity index (χ4n) is 4.76. The third-order valence-corrected chi connectivity index (χ3v) is 7.14. The van der Waals surface area contributed by atoms with Crippen LogP contribution in [0.1, 0.15) is 16.6 Å². The first kappa shape index (κ1) is 18.9. The molecule has 0 unspecified atom stereocenters. The molecule has 1 atom stereocenters. The van der Waals surface area contributed by atoms with Crippen molar-refractivity contribution in [2.45, 2.75) is 6.04 Å². The fourth-order valence-corrected chi connectivity index (χ4v) is 5.54. The number of thiophene rings is 1. The van der Waals surface area contributed by atoms with Gasteiger partial charge in [-0.2, -0.15) is 0 Å². The maximum absolute atomic E-state index is 13.5. The predicted molar refractivity (Wildman–Crippen MR) is 129 cm³/mol. The normalized spacial score (nSPS) is 14.8. The van der Waals surface area contributed by atoms with Crippen LogP contribution in [-0.4, -0.2) is 13.7 Å². The molecule has 6 nitrogen and oxygen atoms in total. The zero-order valence-corrected chi connectivity index (χ0v) is 18.4. The molecule has 0 radical (unpaired) electrons. The highest BCUT2D eigenvalue weighted by Gasteiger charge is 2.34. The lowest BCUT2D eigenvalue weighted by Crippen LogP contribution is -2.37. The summed E-state index contributed by atoms with van der Waals surface area (Å²) in [6.45, 7) is 0. The minimum absolute atomic E-state index is 0.192. The van der Waals surface area contributed by atoms with E-state index in [1.54, 1.807) is 30.0 Å². The molecule has 0 fully saturated rings. The third kappa shape index (κ3) is 2.45. The molecule has 0 bridgehead atoms. The zero-order chi connectivity index (χ0) is 22.0. The number of hydrogen-bond acceptors (Lipinski definition) is 4. The number of aromatic nitrogens is 3. The quantitative estimate of drug-likeness (QED) is 0.446. The van der Waals surface area contributed by atoms with Crippen molar-refractivity contribution in [1.82, 2.24) is 13.7 Å². The van der Waals surface area contributed by atoms with Crippen molar-refractivity contribution in [1.29, 1.82) is 0 Å². The SMILES string of the molecule is Cn1c(=O)c2c(-c3ccccc3)n3c(c2n(C)c1=O)[C@H](c1cccs1)Nc1ccccc1-3. The van der Waals surface area contributed by atoms with Gasteiger partial charge in [0.05, 0.1) is 33.7 Å². The molecule has 2 aromatic carbocycles. The maximum Gasteiger partial charge on any atom is 0.331 e. The minimum atomic E-state index is -0.334. The van der Waals surface area contributed by atoms with Gasteiger partial charge >= 0.3 is 5.69 Å². The lowest BCUT2D eigenvalue weighted by Gasteiger charge is -2.30. The van der Waals surface area contributed by atoms with E-state index in [0.717, 1.165) is 33.2 Å². The number of hydrogen-bond donors (Lipinski definition) is 1. The molecule has 3 aromatic heterocycles. The average molecular weight is 441 g/mol. The molecule has 1 aliphatic heterocycles. The molecular formula is C25H20N4O2S. The average Bonchev–Trinajstić information content (AvgIpc) is 3.48. The van der Waals surface area contributed by atoms with Gasteiger partial charge in [-0.3, -0.25) is 13.9 Å². The van der Waals surface area contributed by atoms with Crippen LogP contribution in [0.15, 0.2) is 81.7 Å². The monoisotopic (exact) mass is 440 g/mol. The van der Waals surface area contributed by atoms with Crippen LogP contribution in [0.5, 0.6) is 0 Å². The largest absolute Gasteiger partial charge is 0.370 e. The highest BCUT2D eigenvalue weighted by atomic mass is 32.1. The Morgan fingerprint density at radius 2 is 1.62 bits per heavy atom. The van der Waals surface area contributed by atoms with Crippen LogP contribution in [0.3, 0.4) is 0 Å². The van der Waals surface area contributed by atoms with Crippen molar-refractivity contribution >= 4 is 27.9 Å². The first-order valence-corrected chi connectivity index (χ1v) is 11.2. The van der Waals surface area contributed by atoms with Crippen LogP contribution in [0.4, 0.5) is 5.69 Å². The number of anilines is 1. The first-order valence-electron chi connectivity index (χ1n) is 10.4. The van der Waals surface area contributed by atoms with Gasteiger partial charge in [-0.25, -0.2) is 4.79 Å². The van der Waals surface area contributed by atoms with Crippen LogP contribution in [0.25, 0.3) is 27.8 Å². The number of benzene rings is 2. The summed E-state index contributed by atoms with van der Waals surface area (Å²) in [4.78, 5) is 27.6. The summed E-state index contributed by atoms with van der Waals surface area (Å²) >= 11 is 1.65. The van der Waals surface area contributed by atoms with E-state index in [4.69, 9.17) is 0 Å². The molecule has 0 saturated carbocycles. The van der Waals surface area contributed by atoms with E-state index in [0.29, 0.717) is 10.9 Å². The van der Waals surface area contributed by atoms with Crippen molar-refractivity contribution in [3.63, 3.8) is 0 Å². The van der Waals surface area contributed by atoms with Crippen molar-refractivity contribution in [2.24, 2.45) is 14.1 Å². The highest BCUT2D eigenvalue weighted by molar-refractivity contribution is 7.10. The molecule has 5 aromatic rings. The van der Waals surface area contributed by atoms with Crippen LogP contribution in [0, 0.1) is 0 Å². The van der Waals surface area contributed by atoms with Gasteiger partial charge in [0.25, 0.3) is 5.56 Å². The van der Waals surface area contributed by atoms with E-state index in [1.807, 2.05) is 60.0 Å². The van der Waals surface area contributed by atoms with Crippen LogP contribution in [-0.2, 0) is 14.1 Å². The Morgan fingerprint density at radius 3 is 2.38 bits per heavy atom. The van der Waals surface area contributed by atoms with Gasteiger partial charge in [0.2, 0.25) is 0 Å². The summed E-state index contributed by atoms with van der Waals surface area (Å²) in [5.41, 5.74) is 4.63. The van der Waals surface area contributed by atoms with Gasteiger partial charge in [-0.1, -0.05) is 48.5 Å². The molecule has 1 aliphatic rings. The van der Waals surface area contributed by atoms with Gasteiger partial charge in [-0.15, -0.1) is 11.3 Å². The Labute approximate surface area is 187 Å². The van der Waals surface area contributed by atoms with E-state index >= 15 is 0 Å². The molecule has 6 rings (SSSR count). The van der Waals surface area contributed by atoms with Crippen molar-refractivity contribution in [3.8, 4) is 16.9 Å². The molecule has 0 saturated heterocycles. The molecule has 1 N–H and O–H groups in total. The van der Waals surface area contributed by atoms with E-state index in [-0.39, 0.29) is 17.3 Å². The molecule has 4 heterocycles. The maximum atomic E-state index is 13.5. The lowest BCUT2D eigenvalue weighted by atomic mass is 10.1. The summed E-state index contributed by atoms with van der Waals surface area (Å²) in [7, 11) is 3.28. The number of rotatable bonds is 2. The number of para-hydroxylation sites is 2. The minimum Gasteiger partial charge on any atom is -0.370 e. The standard InChI is InChI=1S/C25H20N4O2S/c1-27-22-19(24(30)28(2)25(27)31)21(15-9-4-3-5-10-15)29-17-12-7-6-11-16(17)26-20(23(22)29)18-13-8-14-32-18/h3-14,20,26H,1-2H3/t20-/m0/s1. The van der Waals surface area contributed by atoms with E-state index in [2.05, 4.69) is 22.0 Å². The summed E-state index contributed by atoms with van der Waals surface area (Å²) in [6.07, 6.45) is 0. The molecule has 0 amide bonds. The molecule has 7 heteroatoms. The first-order chi connectivity index (χ1) is 15.6. The Kier molecular flexibility index (Phi) is 4.03. The highest BCUT2D eigenvalue weighted by Crippen LogP contribution is 2.45. The van der Waals surface area contributed by atoms with Crippen molar-refractivity contribution in [2.75, 3.05) is 5.32 Å². The zero-order valence-electron chi connectivity index (χ0n) is 17.6. The van der Waals surface area contributed by atoms with Crippen LogP contribution in [0.2, 0.25) is 0 Å². The topological polar surface area (TPSA) is 61.0 Å². The molecule has 0 spiro atoms. The molecular weight excluding hydrogens is 420 g/mol. The van der Waals surface area contributed by atoms with E-state index in [1.165, 1.54) is 4.57 Å². The van der Waals surface area contributed by atoms with Crippen molar-refractivity contribution < 1.29 is 0 Å². The van der Waals surface area contributed by atoms with Gasteiger partial charge in [0.15, 0.2) is 0 Å². The summed E-state index contributed by atoms with van der Waals surface area (Å²) in [5.74, 6) is 0. The Bertz CT molecular complexity index is 1610. The van der Waals surface area contributed by atoms with Gasteiger partial charge in [0.1, 0.15) is 6.04 Å². The van der Waals surface area contributed by atoms with Crippen LogP contribution >= 0.6 is 11.3 Å².